The Balaban J connectivity index is 0.000000178. The molecule has 2 aromatic carbocycles. The van der Waals surface area contributed by atoms with Crippen LogP contribution < -0.4 is 21.5 Å². The molecule has 0 fully saturated rings. The molecule has 0 unspecified atom stereocenters. The molecule has 6 aromatic rings. The van der Waals surface area contributed by atoms with E-state index in [-0.39, 0.29) is 27.9 Å². The van der Waals surface area contributed by atoms with E-state index in [1.165, 1.54) is 41.1 Å². The molecule has 4 heterocycles. The van der Waals surface area contributed by atoms with Gasteiger partial charge < -0.3 is 20.6 Å². The second-order valence-electron chi connectivity index (χ2n) is 9.44. The predicted molar refractivity (Wildman–Crippen MR) is 188 cm³/mol. The lowest BCUT2D eigenvalue weighted by Crippen LogP contribution is -2.28. The van der Waals surface area contributed by atoms with Gasteiger partial charge in [0.15, 0.2) is 0 Å². The summed E-state index contributed by atoms with van der Waals surface area (Å²) in [7, 11) is 0. The molecule has 45 heavy (non-hydrogen) atoms. The second-order valence-corrected chi connectivity index (χ2v) is 14.3. The number of nitrogens with zero attached hydrogens (tertiary/aromatic N) is 1. The van der Waals surface area contributed by atoms with Crippen molar-refractivity contribution < 1.29 is 9.59 Å². The number of benzene rings is 2. The third-order valence-corrected chi connectivity index (χ3v) is 9.74. The van der Waals surface area contributed by atoms with Crippen LogP contribution in [-0.4, -0.2) is 21.8 Å². The number of carbonyl (C=O) groups excluding carboxylic acids is 2. The van der Waals surface area contributed by atoms with Crippen LogP contribution in [-0.2, 0) is 13.1 Å². The molecule has 9 nitrogen and oxygen atoms in total. The van der Waals surface area contributed by atoms with E-state index < -0.39 is 5.91 Å². The van der Waals surface area contributed by atoms with Gasteiger partial charge in [-0.15, -0.1) is 22.7 Å². The van der Waals surface area contributed by atoms with E-state index in [0.29, 0.717) is 43.6 Å². The summed E-state index contributed by atoms with van der Waals surface area (Å²) in [4.78, 5) is 56.8. The Hall–Kier alpha value is -4.00. The van der Waals surface area contributed by atoms with Crippen molar-refractivity contribution in [1.82, 2.24) is 20.6 Å². The highest BCUT2D eigenvalue weighted by Crippen LogP contribution is 2.23. The SMILES string of the molecule is N#Cc1cc2c(=O)c(C(=O)NCc3ccc(Cl)cc3)c[nH]c2s1.O=C(NCc1ccc(Cl)cc1)c1c[nH]c2sc(I)cc2c1=O. The van der Waals surface area contributed by atoms with Crippen molar-refractivity contribution in [2.45, 2.75) is 13.1 Å². The van der Waals surface area contributed by atoms with E-state index in [0.717, 1.165) is 18.8 Å². The van der Waals surface area contributed by atoms with Gasteiger partial charge in [-0.25, -0.2) is 0 Å². The summed E-state index contributed by atoms with van der Waals surface area (Å²) < 4.78 is 1.000. The number of pyridine rings is 2. The van der Waals surface area contributed by atoms with Crippen molar-refractivity contribution in [3.63, 3.8) is 0 Å². The Morgan fingerprint density at radius 2 is 1.20 bits per heavy atom. The first-order chi connectivity index (χ1) is 21.6. The van der Waals surface area contributed by atoms with Crippen molar-refractivity contribution in [2.75, 3.05) is 0 Å². The van der Waals surface area contributed by atoms with E-state index in [1.807, 2.05) is 18.2 Å². The lowest BCUT2D eigenvalue weighted by Gasteiger charge is -2.05. The van der Waals surface area contributed by atoms with Gasteiger partial charge in [0.2, 0.25) is 10.9 Å². The number of carbonyl (C=O) groups is 2. The molecule has 0 saturated heterocycles. The zero-order valence-corrected chi connectivity index (χ0v) is 28.2. The molecular weight excluding hydrogens is 768 g/mol. The number of nitriles is 1. The number of amides is 2. The number of thiophene rings is 2. The minimum absolute atomic E-state index is 0.0220. The summed E-state index contributed by atoms with van der Waals surface area (Å²) in [5.74, 6) is -0.855. The molecule has 0 aliphatic heterocycles. The highest BCUT2D eigenvalue weighted by molar-refractivity contribution is 14.1. The molecule has 0 aliphatic carbocycles. The van der Waals surface area contributed by atoms with Gasteiger partial charge in [0.05, 0.1) is 13.7 Å². The average Bonchev–Trinajstić information content (AvgIpc) is 3.65. The first kappa shape index (κ1) is 32.4. The average molecular weight is 788 g/mol. The van der Waals surface area contributed by atoms with Gasteiger partial charge in [0.25, 0.3) is 11.8 Å². The van der Waals surface area contributed by atoms with Gasteiger partial charge in [-0.2, -0.15) is 5.26 Å². The van der Waals surface area contributed by atoms with E-state index in [4.69, 9.17) is 28.5 Å². The van der Waals surface area contributed by atoms with Gasteiger partial charge in [-0.05, 0) is 70.1 Å². The number of hydrogen-bond donors (Lipinski definition) is 4. The fourth-order valence-corrected chi connectivity index (χ4v) is 6.95. The molecule has 0 radical (unpaired) electrons. The molecule has 14 heteroatoms. The smallest absolute Gasteiger partial charge is 0.257 e. The molecule has 0 aliphatic rings. The van der Waals surface area contributed by atoms with Crippen LogP contribution in [0.15, 0.2) is 82.6 Å². The van der Waals surface area contributed by atoms with Gasteiger partial charge in [-0.1, -0.05) is 47.5 Å². The van der Waals surface area contributed by atoms with E-state index in [2.05, 4.69) is 43.2 Å². The lowest BCUT2D eigenvalue weighted by atomic mass is 10.2. The quantitative estimate of drug-likeness (QED) is 0.137. The highest BCUT2D eigenvalue weighted by Gasteiger charge is 2.16. The van der Waals surface area contributed by atoms with Gasteiger partial charge in [-0.3, -0.25) is 19.2 Å². The Labute approximate surface area is 287 Å². The van der Waals surface area contributed by atoms with E-state index in [9.17, 15) is 19.2 Å². The normalized spacial score (nSPS) is 10.6. The third-order valence-electron chi connectivity index (χ3n) is 6.44. The largest absolute Gasteiger partial charge is 0.352 e. The summed E-state index contributed by atoms with van der Waals surface area (Å²) in [6, 6.07) is 19.5. The molecular formula is C31H20Cl2IN5O4S2. The summed E-state index contributed by atoms with van der Waals surface area (Å²) in [6.07, 6.45) is 2.84. The number of hydrogen-bond acceptors (Lipinski definition) is 7. The van der Waals surface area contributed by atoms with Crippen LogP contribution in [0.4, 0.5) is 0 Å². The number of fused-ring (bicyclic) bond motifs is 2. The molecule has 0 spiro atoms. The fraction of sp³-hybridized carbons (Fsp3) is 0.0645. The van der Waals surface area contributed by atoms with Crippen LogP contribution in [0.1, 0.15) is 36.7 Å². The van der Waals surface area contributed by atoms with Crippen LogP contribution in [0.25, 0.3) is 20.4 Å². The minimum atomic E-state index is -0.465. The summed E-state index contributed by atoms with van der Waals surface area (Å²) >= 11 is 16.4. The van der Waals surface area contributed by atoms with Crippen molar-refractivity contribution in [3.8, 4) is 6.07 Å². The van der Waals surface area contributed by atoms with Crippen LogP contribution in [0.2, 0.25) is 10.0 Å². The Kier molecular flexibility index (Phi) is 10.4. The first-order valence-electron chi connectivity index (χ1n) is 13.0. The van der Waals surface area contributed by atoms with Crippen molar-refractivity contribution in [3.05, 3.63) is 134 Å². The predicted octanol–water partition coefficient (Wildman–Crippen LogP) is 6.82. The number of halogens is 3. The number of aromatic amines is 2. The molecule has 226 valence electrons. The Morgan fingerprint density at radius 1 is 0.756 bits per heavy atom. The van der Waals surface area contributed by atoms with E-state index >= 15 is 0 Å². The zero-order valence-electron chi connectivity index (χ0n) is 22.9. The number of H-pyrrole nitrogens is 2. The van der Waals surface area contributed by atoms with Crippen molar-refractivity contribution >= 4 is 101 Å². The Bertz CT molecular complexity index is 2200. The topological polar surface area (TPSA) is 148 Å². The molecule has 0 atom stereocenters. The lowest BCUT2D eigenvalue weighted by molar-refractivity contribution is 0.0941. The van der Waals surface area contributed by atoms with Gasteiger partial charge >= 0.3 is 0 Å². The Morgan fingerprint density at radius 3 is 1.67 bits per heavy atom. The van der Waals surface area contributed by atoms with Gasteiger partial charge in [0.1, 0.15) is 31.7 Å². The molecule has 2 amide bonds. The van der Waals surface area contributed by atoms with Crippen molar-refractivity contribution in [2.24, 2.45) is 0 Å². The van der Waals surface area contributed by atoms with Crippen LogP contribution in [0.3, 0.4) is 0 Å². The second kappa shape index (κ2) is 14.4. The zero-order chi connectivity index (χ0) is 32.1. The maximum absolute atomic E-state index is 12.4. The standard InChI is InChI=1S/C16H10ClN3O2S.C15H10ClIN2O2S/c17-10-3-1-9(2-4-10)7-19-15(22)13-8-20-16-12(14(13)21)5-11(6-18)23-16;16-9-3-1-8(2-4-9)6-18-14(21)11-7-19-15-10(13(11)20)5-12(17)22-15/h1-5,8H,7H2,(H,19,22)(H,20,21);1-5,7H,6H2,(H,18,21)(H,19,20). The monoisotopic (exact) mass is 787 g/mol. The fourth-order valence-electron chi connectivity index (χ4n) is 4.15. The number of rotatable bonds is 6. The molecule has 0 bridgehead atoms. The minimum Gasteiger partial charge on any atom is -0.352 e. The maximum Gasteiger partial charge on any atom is 0.257 e. The summed E-state index contributed by atoms with van der Waals surface area (Å²) in [5.41, 5.74) is 1.30. The van der Waals surface area contributed by atoms with Crippen LogP contribution >= 0.6 is 68.5 Å². The highest BCUT2D eigenvalue weighted by atomic mass is 127. The maximum atomic E-state index is 12.4. The van der Waals surface area contributed by atoms with E-state index in [1.54, 1.807) is 42.5 Å². The third kappa shape index (κ3) is 7.81. The molecule has 6 rings (SSSR count). The number of aromatic nitrogens is 2. The summed E-state index contributed by atoms with van der Waals surface area (Å²) in [6.45, 7) is 0.634. The van der Waals surface area contributed by atoms with Gasteiger partial charge in [0, 0.05) is 35.5 Å². The van der Waals surface area contributed by atoms with Crippen LogP contribution in [0, 0.1) is 14.2 Å². The summed E-state index contributed by atoms with van der Waals surface area (Å²) in [5, 5.41) is 16.5. The van der Waals surface area contributed by atoms with Crippen LogP contribution in [0.5, 0.6) is 0 Å². The van der Waals surface area contributed by atoms with Crippen molar-refractivity contribution in [1.29, 1.82) is 5.26 Å². The molecule has 4 aromatic heterocycles. The molecule has 0 saturated carbocycles. The first-order valence-corrected chi connectivity index (χ1v) is 16.5. The number of nitrogens with one attached hydrogen (secondary N) is 4. The molecule has 4 N–H and O–H groups in total.